The highest BCUT2D eigenvalue weighted by molar-refractivity contribution is 6.13. The summed E-state index contributed by atoms with van der Waals surface area (Å²) in [6.45, 7) is 3.46. The fourth-order valence-electron chi connectivity index (χ4n) is 3.84. The molecule has 140 valence electrons. The van der Waals surface area contributed by atoms with Crippen LogP contribution in [0.4, 0.5) is 11.4 Å². The maximum absolute atomic E-state index is 12.7. The molecule has 2 heterocycles. The van der Waals surface area contributed by atoms with Crippen LogP contribution in [0.5, 0.6) is 0 Å². The third-order valence-electron chi connectivity index (χ3n) is 5.73. The van der Waals surface area contributed by atoms with E-state index in [2.05, 4.69) is 15.5 Å². The minimum absolute atomic E-state index is 0.0935. The number of hydrogen-bond acceptors (Lipinski definition) is 4. The Kier molecular flexibility index (Phi) is 4.85. The molecular weight excluding hydrogens is 330 g/mol. The van der Waals surface area contributed by atoms with E-state index in [9.17, 15) is 9.59 Å². The highest BCUT2D eigenvalue weighted by atomic mass is 16.5. The molecule has 6 nitrogen and oxygen atoms in total. The van der Waals surface area contributed by atoms with Crippen molar-refractivity contribution < 1.29 is 14.3 Å². The maximum Gasteiger partial charge on any atom is 0.240 e. The second kappa shape index (κ2) is 7.27. The van der Waals surface area contributed by atoms with E-state index in [4.69, 9.17) is 4.74 Å². The van der Waals surface area contributed by atoms with Crippen LogP contribution in [0.3, 0.4) is 0 Å². The summed E-state index contributed by atoms with van der Waals surface area (Å²) in [5, 5.41) is 5.83. The predicted octanol–water partition coefficient (Wildman–Crippen LogP) is 2.30. The standard InChI is InChI=1S/C20H27N3O3/c24-18(21-14-17-4-3-13-26-17)20(9-10-20)19(25)22-15-5-7-16(8-6-15)23-11-1-2-12-23/h5-8,17H,1-4,9-14H2,(H,21,24)(H,22,25). The van der Waals surface area contributed by atoms with Crippen LogP contribution in [0.2, 0.25) is 0 Å². The highest BCUT2D eigenvalue weighted by Gasteiger charge is 2.56. The Balaban J connectivity index is 1.32. The van der Waals surface area contributed by atoms with Gasteiger partial charge in [-0.05, 0) is 62.8 Å². The lowest BCUT2D eigenvalue weighted by atomic mass is 10.0. The Bertz CT molecular complexity index is 657. The van der Waals surface area contributed by atoms with E-state index in [0.29, 0.717) is 19.4 Å². The van der Waals surface area contributed by atoms with E-state index in [1.54, 1.807) is 0 Å². The second-order valence-electron chi connectivity index (χ2n) is 7.62. The van der Waals surface area contributed by atoms with Crippen LogP contribution in [0, 0.1) is 5.41 Å². The number of carbonyl (C=O) groups excluding carboxylic acids is 2. The summed E-state index contributed by atoms with van der Waals surface area (Å²) in [6.07, 6.45) is 5.81. The Morgan fingerprint density at radius 3 is 2.42 bits per heavy atom. The number of nitrogens with zero attached hydrogens (tertiary/aromatic N) is 1. The molecule has 1 unspecified atom stereocenters. The number of anilines is 2. The fraction of sp³-hybridized carbons (Fsp3) is 0.600. The van der Waals surface area contributed by atoms with Gasteiger partial charge in [0.25, 0.3) is 0 Å². The van der Waals surface area contributed by atoms with Crippen LogP contribution in [0.1, 0.15) is 38.5 Å². The normalized spacial score (nSPS) is 23.7. The molecule has 2 aliphatic heterocycles. The van der Waals surface area contributed by atoms with Crippen molar-refractivity contribution in [1.82, 2.24) is 5.32 Å². The molecule has 3 aliphatic rings. The second-order valence-corrected chi connectivity index (χ2v) is 7.62. The molecule has 1 aromatic rings. The van der Waals surface area contributed by atoms with Gasteiger partial charge in [0, 0.05) is 37.6 Å². The summed E-state index contributed by atoms with van der Waals surface area (Å²) < 4.78 is 5.53. The van der Waals surface area contributed by atoms with E-state index in [0.717, 1.165) is 38.2 Å². The number of benzene rings is 1. The Morgan fingerprint density at radius 2 is 1.81 bits per heavy atom. The summed E-state index contributed by atoms with van der Waals surface area (Å²) in [4.78, 5) is 27.5. The van der Waals surface area contributed by atoms with Crippen molar-refractivity contribution >= 4 is 23.2 Å². The molecule has 2 N–H and O–H groups in total. The van der Waals surface area contributed by atoms with E-state index in [-0.39, 0.29) is 17.9 Å². The Morgan fingerprint density at radius 1 is 1.08 bits per heavy atom. The van der Waals surface area contributed by atoms with Gasteiger partial charge in [0.05, 0.1) is 6.10 Å². The first-order valence-electron chi connectivity index (χ1n) is 9.74. The molecule has 0 bridgehead atoms. The number of amides is 2. The van der Waals surface area contributed by atoms with Gasteiger partial charge < -0.3 is 20.3 Å². The average molecular weight is 357 g/mol. The largest absolute Gasteiger partial charge is 0.376 e. The molecule has 1 saturated carbocycles. The Labute approximate surface area is 154 Å². The summed E-state index contributed by atoms with van der Waals surface area (Å²) in [5.74, 6) is -0.365. The predicted molar refractivity (Wildman–Crippen MR) is 100 cm³/mol. The van der Waals surface area contributed by atoms with Crippen molar-refractivity contribution in [1.29, 1.82) is 0 Å². The first-order chi connectivity index (χ1) is 12.7. The zero-order valence-corrected chi connectivity index (χ0v) is 15.1. The molecule has 0 spiro atoms. The van der Waals surface area contributed by atoms with Crippen molar-refractivity contribution in [2.75, 3.05) is 36.5 Å². The molecule has 4 rings (SSSR count). The summed E-state index contributed by atoms with van der Waals surface area (Å²) >= 11 is 0. The number of rotatable bonds is 6. The fourth-order valence-corrected chi connectivity index (χ4v) is 3.84. The molecule has 0 aromatic heterocycles. The first kappa shape index (κ1) is 17.3. The molecule has 2 saturated heterocycles. The van der Waals surface area contributed by atoms with Crippen LogP contribution >= 0.6 is 0 Å². The van der Waals surface area contributed by atoms with Gasteiger partial charge in [-0.1, -0.05) is 0 Å². The topological polar surface area (TPSA) is 70.7 Å². The monoisotopic (exact) mass is 357 g/mol. The number of ether oxygens (including phenoxy) is 1. The van der Waals surface area contributed by atoms with Gasteiger partial charge in [-0.15, -0.1) is 0 Å². The smallest absolute Gasteiger partial charge is 0.240 e. The van der Waals surface area contributed by atoms with Crippen molar-refractivity contribution in [2.24, 2.45) is 5.41 Å². The lowest BCUT2D eigenvalue weighted by molar-refractivity contribution is -0.134. The van der Waals surface area contributed by atoms with Crippen LogP contribution in [0.25, 0.3) is 0 Å². The number of carbonyl (C=O) groups is 2. The maximum atomic E-state index is 12.7. The van der Waals surface area contributed by atoms with Crippen molar-refractivity contribution in [3.05, 3.63) is 24.3 Å². The van der Waals surface area contributed by atoms with Gasteiger partial charge in [-0.3, -0.25) is 9.59 Å². The van der Waals surface area contributed by atoms with Crippen molar-refractivity contribution in [3.8, 4) is 0 Å². The molecule has 2 amide bonds. The molecule has 0 radical (unpaired) electrons. The zero-order chi connectivity index (χ0) is 18.0. The van der Waals surface area contributed by atoms with Gasteiger partial charge in [-0.2, -0.15) is 0 Å². The van der Waals surface area contributed by atoms with Crippen LogP contribution in [-0.2, 0) is 14.3 Å². The molecule has 1 atom stereocenters. The molecule has 1 aliphatic carbocycles. The van der Waals surface area contributed by atoms with Gasteiger partial charge in [-0.25, -0.2) is 0 Å². The minimum atomic E-state index is -0.897. The summed E-state index contributed by atoms with van der Waals surface area (Å²) in [7, 11) is 0. The quantitative estimate of drug-likeness (QED) is 0.767. The average Bonchev–Trinajstić information content (AvgIpc) is 3.07. The lowest BCUT2D eigenvalue weighted by Gasteiger charge is -2.19. The van der Waals surface area contributed by atoms with E-state index in [1.807, 2.05) is 24.3 Å². The van der Waals surface area contributed by atoms with Crippen LogP contribution < -0.4 is 15.5 Å². The number of hydrogen-bond donors (Lipinski definition) is 2. The van der Waals surface area contributed by atoms with Crippen molar-refractivity contribution in [2.45, 2.75) is 44.6 Å². The number of nitrogens with one attached hydrogen (secondary N) is 2. The molecule has 6 heteroatoms. The van der Waals surface area contributed by atoms with Crippen LogP contribution in [0.15, 0.2) is 24.3 Å². The molecule has 3 fully saturated rings. The van der Waals surface area contributed by atoms with Gasteiger partial charge in [0.2, 0.25) is 11.8 Å². The van der Waals surface area contributed by atoms with Gasteiger partial charge in [0.15, 0.2) is 0 Å². The molecular formula is C20H27N3O3. The minimum Gasteiger partial charge on any atom is -0.376 e. The first-order valence-corrected chi connectivity index (χ1v) is 9.74. The summed E-state index contributed by atoms with van der Waals surface area (Å²) in [5.41, 5.74) is 1.04. The van der Waals surface area contributed by atoms with E-state index < -0.39 is 5.41 Å². The Hall–Kier alpha value is -2.08. The SMILES string of the molecule is O=C(NCC1CCCO1)C1(C(=O)Nc2ccc(N3CCCC3)cc2)CC1. The van der Waals surface area contributed by atoms with Crippen molar-refractivity contribution in [3.63, 3.8) is 0 Å². The third-order valence-corrected chi connectivity index (χ3v) is 5.73. The van der Waals surface area contributed by atoms with E-state index >= 15 is 0 Å². The van der Waals surface area contributed by atoms with Crippen LogP contribution in [-0.4, -0.2) is 44.2 Å². The molecule has 26 heavy (non-hydrogen) atoms. The van der Waals surface area contributed by atoms with Gasteiger partial charge >= 0.3 is 0 Å². The highest BCUT2D eigenvalue weighted by Crippen LogP contribution is 2.47. The van der Waals surface area contributed by atoms with Gasteiger partial charge in [0.1, 0.15) is 5.41 Å². The lowest BCUT2D eigenvalue weighted by Crippen LogP contribution is -2.42. The third kappa shape index (κ3) is 3.56. The molecule has 1 aromatic carbocycles. The van der Waals surface area contributed by atoms with E-state index in [1.165, 1.54) is 18.5 Å². The summed E-state index contributed by atoms with van der Waals surface area (Å²) in [6, 6.07) is 7.92. The zero-order valence-electron chi connectivity index (χ0n) is 15.1.